The number of aryl methyl sites for hydroxylation is 1. The van der Waals surface area contributed by atoms with Crippen LogP contribution in [-0.2, 0) is 36.1 Å². The fourth-order valence-electron chi connectivity index (χ4n) is 1.44. The van der Waals surface area contributed by atoms with Crippen LogP contribution in [-0.4, -0.2) is 8.42 Å². The topological polar surface area (TPSA) is 46.2 Å². The normalized spacial score (nSPS) is 10.4. The Balaban J connectivity index is 0.000000612. The van der Waals surface area contributed by atoms with Crippen LogP contribution in [0.1, 0.15) is 12.5 Å². The molecule has 0 aromatic heterocycles. The van der Waals surface area contributed by atoms with Crippen molar-refractivity contribution in [2.24, 2.45) is 0 Å². The molecule has 0 aliphatic carbocycles. The number of rotatable bonds is 3. The molecule has 5 heteroatoms. The fraction of sp³-hybridized carbons (Fsp3) is 0.200. The minimum Gasteiger partial charge on any atom is -0.280 e. The van der Waals surface area contributed by atoms with Gasteiger partial charge < -0.3 is 0 Å². The molecule has 0 saturated heterocycles. The van der Waals surface area contributed by atoms with E-state index in [9.17, 15) is 8.42 Å². The summed E-state index contributed by atoms with van der Waals surface area (Å²) >= 11 is 1.07. The molecule has 0 atom stereocenters. The summed E-state index contributed by atoms with van der Waals surface area (Å²) in [6, 6.07) is 15.6. The molecule has 0 amide bonds. The van der Waals surface area contributed by atoms with E-state index in [1.54, 1.807) is 48.5 Å². The van der Waals surface area contributed by atoms with Gasteiger partial charge in [0.05, 0.1) is 4.90 Å². The molecule has 2 rings (SSSR count). The number of hydrogen-bond donors (Lipinski definition) is 1. The number of benzene rings is 2. The van der Waals surface area contributed by atoms with Gasteiger partial charge in [0.1, 0.15) is 0 Å². The van der Waals surface area contributed by atoms with Crippen molar-refractivity contribution < 1.29 is 34.5 Å². The van der Waals surface area contributed by atoms with Crippen LogP contribution in [0.5, 0.6) is 0 Å². The van der Waals surface area contributed by atoms with Gasteiger partial charge in [0.25, 0.3) is 10.0 Å². The Morgan fingerprint density at radius 1 is 1.00 bits per heavy atom. The maximum Gasteiger partial charge on any atom is 0.261 e. The van der Waals surface area contributed by atoms with E-state index in [1.165, 1.54) is 3.93 Å². The average Bonchev–Trinajstić information content (AvgIpc) is 2.41. The van der Waals surface area contributed by atoms with Gasteiger partial charge in [-0.15, -0.1) is 0 Å². The van der Waals surface area contributed by atoms with Gasteiger partial charge in [-0.3, -0.25) is 4.72 Å². The summed E-state index contributed by atoms with van der Waals surface area (Å²) in [6.07, 6.45) is 0. The number of hydrogen-bond acceptors (Lipinski definition) is 2. The third-order valence-corrected chi connectivity index (χ3v) is 3.75. The molecule has 0 aliphatic rings. The molecule has 0 unspecified atom stereocenters. The molecule has 0 spiro atoms. The fourth-order valence-corrected chi connectivity index (χ4v) is 2.50. The Morgan fingerprint density at radius 3 is 2.00 bits per heavy atom. The van der Waals surface area contributed by atoms with Gasteiger partial charge >= 0.3 is 37.0 Å². The zero-order chi connectivity index (χ0) is 15.0. The van der Waals surface area contributed by atoms with Gasteiger partial charge in [0, 0.05) is 5.69 Å². The van der Waals surface area contributed by atoms with E-state index >= 15 is 0 Å². The maximum atomic E-state index is 12.0. The van der Waals surface area contributed by atoms with E-state index in [4.69, 9.17) is 0 Å². The average molecular weight is 477 g/mol. The van der Waals surface area contributed by atoms with Crippen molar-refractivity contribution in [3.8, 4) is 0 Å². The Hall–Kier alpha value is -0.875. The van der Waals surface area contributed by atoms with Crippen molar-refractivity contribution in [3.05, 3.63) is 60.2 Å². The molecule has 102 valence electrons. The second-order valence-corrected chi connectivity index (χ2v) is 9.85. The predicted molar refractivity (Wildman–Crippen MR) is 78.9 cm³/mol. The molecule has 3 nitrogen and oxygen atoms in total. The van der Waals surface area contributed by atoms with Crippen molar-refractivity contribution in [1.29, 1.82) is 0 Å². The van der Waals surface area contributed by atoms with Crippen LogP contribution < -0.4 is 4.72 Å². The zero-order valence-corrected chi connectivity index (χ0v) is 18.1. The molecule has 1 N–H and O–H groups in total. The molecule has 20 heavy (non-hydrogen) atoms. The van der Waals surface area contributed by atoms with Crippen LogP contribution in [0.25, 0.3) is 0 Å². The Morgan fingerprint density at radius 2 is 1.50 bits per heavy atom. The van der Waals surface area contributed by atoms with Crippen molar-refractivity contribution in [1.82, 2.24) is 0 Å². The first-order chi connectivity index (χ1) is 9.49. The van der Waals surface area contributed by atoms with Crippen LogP contribution in [0.2, 0.25) is 3.93 Å². The van der Waals surface area contributed by atoms with Crippen LogP contribution in [0.3, 0.4) is 0 Å². The van der Waals surface area contributed by atoms with Gasteiger partial charge in [-0.05, 0) is 31.2 Å². The number of sulfonamides is 1. The van der Waals surface area contributed by atoms with Gasteiger partial charge in [-0.2, -0.15) is 0 Å². The van der Waals surface area contributed by atoms with Gasteiger partial charge in [-0.25, -0.2) is 8.42 Å². The monoisotopic (exact) mass is 478 g/mol. The molecule has 0 bridgehead atoms. The third-order valence-electron chi connectivity index (χ3n) is 2.36. The van der Waals surface area contributed by atoms with Crippen LogP contribution in [0, 0.1) is 6.92 Å². The number of nitrogens with one attached hydrogen (secondary N) is 1. The molecule has 0 heterocycles. The first-order valence-corrected chi connectivity index (χ1v) is 11.8. The molecular weight excluding hydrogens is 459 g/mol. The zero-order valence-electron chi connectivity index (χ0n) is 11.8. The first kappa shape index (κ1) is 17.2. The van der Waals surface area contributed by atoms with E-state index < -0.39 is 10.0 Å². The van der Waals surface area contributed by atoms with Gasteiger partial charge in [-0.1, -0.05) is 35.9 Å². The molecule has 0 saturated carbocycles. The van der Waals surface area contributed by atoms with E-state index in [0.29, 0.717) is 5.69 Å². The molecule has 0 aliphatic heterocycles. The number of para-hydroxylation sites is 1. The van der Waals surface area contributed by atoms with Gasteiger partial charge in [0.15, 0.2) is 0 Å². The first-order valence-electron chi connectivity index (χ1n) is 6.43. The van der Waals surface area contributed by atoms with Crippen molar-refractivity contribution >= 4 is 15.7 Å². The number of anilines is 1. The summed E-state index contributed by atoms with van der Waals surface area (Å²) in [4.78, 5) is 0.270. The summed E-state index contributed by atoms with van der Waals surface area (Å²) in [5, 5.41) is 0. The second kappa shape index (κ2) is 8.42. The van der Waals surface area contributed by atoms with Crippen molar-refractivity contribution in [3.63, 3.8) is 0 Å². The summed E-state index contributed by atoms with van der Waals surface area (Å²) < 4.78 is 28.0. The Bertz CT molecular complexity index is 610. The molecule has 2 aromatic carbocycles. The molecular formula is C15H18HgNO2S+. The van der Waals surface area contributed by atoms with Crippen molar-refractivity contribution in [2.75, 3.05) is 4.72 Å². The minimum atomic E-state index is -3.48. The molecule has 0 radical (unpaired) electrons. The van der Waals surface area contributed by atoms with E-state index in [-0.39, 0.29) is 4.90 Å². The van der Waals surface area contributed by atoms with Crippen molar-refractivity contribution in [2.45, 2.75) is 22.7 Å². The molecule has 0 fully saturated rings. The summed E-state index contributed by atoms with van der Waals surface area (Å²) in [7, 11) is -3.48. The predicted octanol–water partition coefficient (Wildman–Crippen LogP) is 3.77. The SMILES string of the molecule is C[CH2][Hg+].Cc1ccc(S(=O)(=O)Nc2ccccc2)cc1. The largest absolute Gasteiger partial charge is 0.280 e. The Labute approximate surface area is 137 Å². The van der Waals surface area contributed by atoms with E-state index in [2.05, 4.69) is 11.6 Å². The second-order valence-electron chi connectivity index (χ2n) is 4.28. The Kier molecular flexibility index (Phi) is 7.23. The third kappa shape index (κ3) is 5.63. The van der Waals surface area contributed by atoms with E-state index in [0.717, 1.165) is 31.7 Å². The molecule has 2 aromatic rings. The van der Waals surface area contributed by atoms with Gasteiger partial charge in [0.2, 0.25) is 0 Å². The summed E-state index contributed by atoms with van der Waals surface area (Å²) in [6.45, 7) is 4.13. The maximum absolute atomic E-state index is 12.0. The smallest absolute Gasteiger partial charge is 0.261 e. The summed E-state index contributed by atoms with van der Waals surface area (Å²) in [5.74, 6) is 0. The summed E-state index contributed by atoms with van der Waals surface area (Å²) in [5.41, 5.74) is 1.59. The quantitative estimate of drug-likeness (QED) is 0.685. The minimum absolute atomic E-state index is 0.270. The van der Waals surface area contributed by atoms with Crippen LogP contribution >= 0.6 is 0 Å². The van der Waals surface area contributed by atoms with Crippen LogP contribution in [0.4, 0.5) is 5.69 Å². The van der Waals surface area contributed by atoms with E-state index in [1.807, 2.05) is 13.0 Å². The van der Waals surface area contributed by atoms with Crippen LogP contribution in [0.15, 0.2) is 59.5 Å². The standard InChI is InChI=1S/C13H13NO2S.C2H5.Hg/c1-11-7-9-13(10-8-11)17(15,16)14-12-5-3-2-4-6-12;1-2;/h2-10,14H,1H3;1H2,2H3;/q;;+1.